The third-order valence-electron chi connectivity index (χ3n) is 1.66. The number of pyridine rings is 1. The van der Waals surface area contributed by atoms with Gasteiger partial charge in [0.05, 0.1) is 11.3 Å². The molecule has 0 saturated heterocycles. The zero-order valence-electron chi connectivity index (χ0n) is 8.18. The lowest BCUT2D eigenvalue weighted by Crippen LogP contribution is -2.31. The van der Waals surface area contributed by atoms with Crippen LogP contribution >= 0.6 is 0 Å². The molecule has 8 heteroatoms. The Morgan fingerprint density at radius 1 is 1.50 bits per heavy atom. The lowest BCUT2D eigenvalue weighted by Gasteiger charge is -2.03. The highest BCUT2D eigenvalue weighted by atomic mass is 32.2. The third kappa shape index (κ3) is 4.32. The molecule has 88 valence electrons. The van der Waals surface area contributed by atoms with E-state index >= 15 is 0 Å². The van der Waals surface area contributed by atoms with Gasteiger partial charge in [0.15, 0.2) is 0 Å². The van der Waals surface area contributed by atoms with Gasteiger partial charge >= 0.3 is 0 Å². The molecule has 1 aromatic heterocycles. The number of carbonyl (C=O) groups excluding carboxylic acids is 1. The van der Waals surface area contributed by atoms with Crippen molar-refractivity contribution in [1.82, 2.24) is 10.3 Å². The van der Waals surface area contributed by atoms with Crippen LogP contribution in [0.4, 0.5) is 4.39 Å². The first-order valence-electron chi connectivity index (χ1n) is 4.29. The first-order chi connectivity index (χ1) is 7.38. The van der Waals surface area contributed by atoms with Gasteiger partial charge < -0.3 is 5.32 Å². The maximum Gasteiger partial charge on any atom is 0.252 e. The van der Waals surface area contributed by atoms with Gasteiger partial charge in [-0.3, -0.25) is 4.79 Å². The number of amides is 1. The van der Waals surface area contributed by atoms with Gasteiger partial charge in [-0.05, 0) is 12.1 Å². The molecule has 0 spiro atoms. The summed E-state index contributed by atoms with van der Waals surface area (Å²) in [7, 11) is -3.60. The number of hydrogen-bond acceptors (Lipinski definition) is 4. The van der Waals surface area contributed by atoms with E-state index < -0.39 is 21.9 Å². The Kier molecular flexibility index (Phi) is 3.91. The number of nitrogens with two attached hydrogens (primary N) is 1. The van der Waals surface area contributed by atoms with Crippen molar-refractivity contribution < 1.29 is 17.6 Å². The summed E-state index contributed by atoms with van der Waals surface area (Å²) in [6.07, 6.45) is 1.06. The maximum atomic E-state index is 12.4. The molecule has 1 heterocycles. The Morgan fingerprint density at radius 2 is 2.19 bits per heavy atom. The summed E-state index contributed by atoms with van der Waals surface area (Å²) in [5.74, 6) is -1.58. The Morgan fingerprint density at radius 3 is 2.69 bits per heavy atom. The molecule has 3 N–H and O–H groups in total. The molecular weight excluding hydrogens is 237 g/mol. The fraction of sp³-hybridized carbons (Fsp3) is 0.250. The van der Waals surface area contributed by atoms with Gasteiger partial charge in [-0.25, -0.2) is 18.5 Å². The lowest BCUT2D eigenvalue weighted by atomic mass is 10.3. The van der Waals surface area contributed by atoms with Crippen LogP contribution in [-0.4, -0.2) is 31.6 Å². The molecule has 16 heavy (non-hydrogen) atoms. The summed E-state index contributed by atoms with van der Waals surface area (Å²) in [6.45, 7) is -0.102. The zero-order valence-corrected chi connectivity index (χ0v) is 9.00. The van der Waals surface area contributed by atoms with Gasteiger partial charge in [-0.1, -0.05) is 0 Å². The average Bonchev–Trinajstić information content (AvgIpc) is 2.16. The molecule has 0 aliphatic heterocycles. The molecule has 0 aliphatic rings. The monoisotopic (exact) mass is 247 g/mol. The number of primary sulfonamides is 1. The van der Waals surface area contributed by atoms with E-state index in [0.29, 0.717) is 0 Å². The Balaban J connectivity index is 2.50. The summed E-state index contributed by atoms with van der Waals surface area (Å²) < 4.78 is 33.5. The lowest BCUT2D eigenvalue weighted by molar-refractivity contribution is 0.0955. The van der Waals surface area contributed by atoms with E-state index in [2.05, 4.69) is 10.3 Å². The molecule has 6 nitrogen and oxygen atoms in total. The first kappa shape index (κ1) is 12.5. The van der Waals surface area contributed by atoms with Crippen LogP contribution < -0.4 is 10.5 Å². The summed E-state index contributed by atoms with van der Waals surface area (Å²) in [5, 5.41) is 7.05. The molecule has 0 unspecified atom stereocenters. The molecule has 0 saturated carbocycles. The van der Waals surface area contributed by atoms with Crippen LogP contribution in [0.1, 0.15) is 10.4 Å². The Labute approximate surface area is 91.7 Å². The second kappa shape index (κ2) is 4.99. The summed E-state index contributed by atoms with van der Waals surface area (Å²) in [4.78, 5) is 14.6. The molecule has 0 radical (unpaired) electrons. The molecule has 1 rings (SSSR count). The predicted molar refractivity (Wildman–Crippen MR) is 54.5 cm³/mol. The van der Waals surface area contributed by atoms with E-state index in [1.54, 1.807) is 0 Å². The van der Waals surface area contributed by atoms with Gasteiger partial charge in [-0.2, -0.15) is 4.39 Å². The minimum Gasteiger partial charge on any atom is -0.351 e. The molecule has 1 amide bonds. The van der Waals surface area contributed by atoms with Crippen molar-refractivity contribution in [3.8, 4) is 0 Å². The SMILES string of the molecule is NS(=O)(=O)CCNC(=O)c1ccc(F)nc1. The van der Waals surface area contributed by atoms with Gasteiger partial charge in [0.2, 0.25) is 16.0 Å². The van der Waals surface area contributed by atoms with Crippen molar-refractivity contribution in [2.24, 2.45) is 5.14 Å². The first-order valence-corrected chi connectivity index (χ1v) is 6.00. The molecular formula is C8H10FN3O3S. The van der Waals surface area contributed by atoms with Crippen LogP contribution in [-0.2, 0) is 10.0 Å². The van der Waals surface area contributed by atoms with Gasteiger partial charge in [0, 0.05) is 12.7 Å². The van der Waals surface area contributed by atoms with Crippen molar-refractivity contribution in [2.45, 2.75) is 0 Å². The molecule has 0 fully saturated rings. The molecule has 1 aromatic rings. The Bertz CT molecular complexity index is 472. The normalized spacial score (nSPS) is 11.1. The molecule has 0 aliphatic carbocycles. The van der Waals surface area contributed by atoms with Crippen LogP contribution in [0.3, 0.4) is 0 Å². The highest BCUT2D eigenvalue weighted by Crippen LogP contribution is 1.98. The molecule has 0 bridgehead atoms. The average molecular weight is 247 g/mol. The highest BCUT2D eigenvalue weighted by molar-refractivity contribution is 7.89. The van der Waals surface area contributed by atoms with E-state index in [0.717, 1.165) is 12.3 Å². The van der Waals surface area contributed by atoms with Crippen LogP contribution in [0.5, 0.6) is 0 Å². The van der Waals surface area contributed by atoms with E-state index in [4.69, 9.17) is 5.14 Å². The smallest absolute Gasteiger partial charge is 0.252 e. The van der Waals surface area contributed by atoms with Crippen molar-refractivity contribution >= 4 is 15.9 Å². The number of hydrogen-bond donors (Lipinski definition) is 2. The van der Waals surface area contributed by atoms with E-state index in [1.807, 2.05) is 0 Å². The Hall–Kier alpha value is -1.54. The van der Waals surface area contributed by atoms with Crippen molar-refractivity contribution in [2.75, 3.05) is 12.3 Å². The minimum atomic E-state index is -3.60. The van der Waals surface area contributed by atoms with E-state index in [9.17, 15) is 17.6 Å². The highest BCUT2D eigenvalue weighted by Gasteiger charge is 2.07. The second-order valence-electron chi connectivity index (χ2n) is 2.99. The number of halogens is 1. The number of nitrogens with zero attached hydrogens (tertiary/aromatic N) is 1. The third-order valence-corrected chi connectivity index (χ3v) is 2.43. The quantitative estimate of drug-likeness (QED) is 0.682. The predicted octanol–water partition coefficient (Wildman–Crippen LogP) is -0.761. The fourth-order valence-corrected chi connectivity index (χ4v) is 1.31. The summed E-state index contributed by atoms with van der Waals surface area (Å²) in [6, 6.07) is 2.28. The zero-order chi connectivity index (χ0) is 12.2. The van der Waals surface area contributed by atoms with E-state index in [1.165, 1.54) is 6.07 Å². The van der Waals surface area contributed by atoms with Crippen LogP contribution in [0.25, 0.3) is 0 Å². The fourth-order valence-electron chi connectivity index (χ4n) is 0.919. The van der Waals surface area contributed by atoms with Crippen molar-refractivity contribution in [1.29, 1.82) is 0 Å². The van der Waals surface area contributed by atoms with Crippen molar-refractivity contribution in [3.05, 3.63) is 29.8 Å². The minimum absolute atomic E-state index is 0.102. The number of aromatic nitrogens is 1. The van der Waals surface area contributed by atoms with Crippen LogP contribution in [0.2, 0.25) is 0 Å². The molecule has 0 atom stereocenters. The van der Waals surface area contributed by atoms with Crippen molar-refractivity contribution in [3.63, 3.8) is 0 Å². The maximum absolute atomic E-state index is 12.4. The summed E-state index contributed by atoms with van der Waals surface area (Å²) >= 11 is 0. The standard InChI is InChI=1S/C8H10FN3O3S/c9-7-2-1-6(5-12-7)8(13)11-3-4-16(10,14)15/h1-2,5H,3-4H2,(H,11,13)(H2,10,14,15). The second-order valence-corrected chi connectivity index (χ2v) is 4.73. The van der Waals surface area contributed by atoms with Gasteiger partial charge in [-0.15, -0.1) is 0 Å². The van der Waals surface area contributed by atoms with E-state index in [-0.39, 0.29) is 17.9 Å². The number of carbonyl (C=O) groups is 1. The van der Waals surface area contributed by atoms with Crippen LogP contribution in [0.15, 0.2) is 18.3 Å². The number of rotatable bonds is 4. The number of sulfonamides is 1. The van der Waals surface area contributed by atoms with Crippen LogP contribution in [0, 0.1) is 5.95 Å². The van der Waals surface area contributed by atoms with Gasteiger partial charge in [0.1, 0.15) is 0 Å². The topological polar surface area (TPSA) is 102 Å². The largest absolute Gasteiger partial charge is 0.351 e. The summed E-state index contributed by atoms with van der Waals surface area (Å²) in [5.41, 5.74) is 0.149. The molecule has 0 aromatic carbocycles. The van der Waals surface area contributed by atoms with Gasteiger partial charge in [0.25, 0.3) is 5.91 Å². The number of nitrogens with one attached hydrogen (secondary N) is 1.